The summed E-state index contributed by atoms with van der Waals surface area (Å²) in [5.41, 5.74) is 0. The smallest absolute Gasteiger partial charge is 0.222 e. The van der Waals surface area contributed by atoms with Crippen LogP contribution in [0.25, 0.3) is 0 Å². The van der Waals surface area contributed by atoms with E-state index in [0.717, 1.165) is 51.8 Å². The Morgan fingerprint density at radius 3 is 2.88 bits per heavy atom. The normalized spacial score (nSPS) is 26.8. The summed E-state index contributed by atoms with van der Waals surface area (Å²) in [6.45, 7) is 11.4. The van der Waals surface area contributed by atoms with Crippen LogP contribution in [0, 0.1) is 0 Å². The van der Waals surface area contributed by atoms with Gasteiger partial charge in [-0.25, -0.2) is 0 Å². The zero-order valence-corrected chi connectivity index (χ0v) is 18.3. The van der Waals surface area contributed by atoms with Gasteiger partial charge in [-0.05, 0) is 27.2 Å². The Balaban J connectivity index is 0.00000312. The molecular weight excluding hydrogens is 433 g/mol. The Hall–Kier alpha value is -0.610. The minimum Gasteiger partial charge on any atom is -0.379 e. The third kappa shape index (κ3) is 6.90. The van der Waals surface area contributed by atoms with Gasteiger partial charge in [-0.1, -0.05) is 0 Å². The number of aliphatic imine (C=N–C) groups is 1. The second-order valence-electron chi connectivity index (χ2n) is 6.88. The lowest BCUT2D eigenvalue weighted by Gasteiger charge is -2.37. The number of ether oxygens (including phenoxy) is 1. The van der Waals surface area contributed by atoms with Gasteiger partial charge in [0.25, 0.3) is 0 Å². The number of morpholine rings is 1. The molecule has 1 amide bonds. The molecule has 2 rings (SSSR count). The summed E-state index contributed by atoms with van der Waals surface area (Å²) < 4.78 is 5.51. The van der Waals surface area contributed by atoms with Gasteiger partial charge in [-0.2, -0.15) is 0 Å². The number of nitrogens with zero attached hydrogens (tertiary/aromatic N) is 3. The lowest BCUT2D eigenvalue weighted by atomic mass is 10.1. The molecule has 0 aliphatic carbocycles. The number of likely N-dealkylation sites (N-methyl/N-ethyl adjacent to an activating group) is 1. The van der Waals surface area contributed by atoms with Crippen LogP contribution in [0.1, 0.15) is 33.6 Å². The van der Waals surface area contributed by atoms with Crippen molar-refractivity contribution in [2.75, 3.05) is 46.4 Å². The number of carbonyl (C=O) groups is 1. The maximum absolute atomic E-state index is 11.6. The van der Waals surface area contributed by atoms with E-state index in [4.69, 9.17) is 9.73 Å². The summed E-state index contributed by atoms with van der Waals surface area (Å²) in [6, 6.07) is 1.09. The number of nitrogens with one attached hydrogen (secondary N) is 2. The predicted octanol–water partition coefficient (Wildman–Crippen LogP) is 0.890. The first-order valence-electron chi connectivity index (χ1n) is 9.13. The van der Waals surface area contributed by atoms with E-state index in [0.29, 0.717) is 18.5 Å². The molecule has 2 saturated heterocycles. The Bertz CT molecular complexity index is 449. The van der Waals surface area contributed by atoms with Crippen LogP contribution in [0.3, 0.4) is 0 Å². The predicted molar refractivity (Wildman–Crippen MR) is 112 cm³/mol. The summed E-state index contributed by atoms with van der Waals surface area (Å²) in [4.78, 5) is 20.6. The van der Waals surface area contributed by atoms with E-state index in [1.54, 1.807) is 4.90 Å². The SMILES string of the molecule is CCNC(=NCC(C)N1CCOCC1C)NC1CCC(=O)N(C)C1.I. The fraction of sp³-hybridized carbons (Fsp3) is 0.882. The maximum Gasteiger partial charge on any atom is 0.222 e. The maximum atomic E-state index is 11.6. The lowest BCUT2D eigenvalue weighted by Crippen LogP contribution is -2.52. The fourth-order valence-electron chi connectivity index (χ4n) is 3.37. The number of halogens is 1. The Morgan fingerprint density at radius 1 is 1.48 bits per heavy atom. The highest BCUT2D eigenvalue weighted by Gasteiger charge is 2.25. The Morgan fingerprint density at radius 2 is 2.24 bits per heavy atom. The first-order chi connectivity index (χ1) is 11.5. The molecule has 3 atom stereocenters. The lowest BCUT2D eigenvalue weighted by molar-refractivity contribution is -0.132. The Labute approximate surface area is 169 Å². The van der Waals surface area contributed by atoms with Gasteiger partial charge in [0, 0.05) is 51.2 Å². The summed E-state index contributed by atoms with van der Waals surface area (Å²) in [5.74, 6) is 1.07. The largest absolute Gasteiger partial charge is 0.379 e. The molecular formula is C17H34IN5O2. The van der Waals surface area contributed by atoms with Crippen LogP contribution >= 0.6 is 24.0 Å². The van der Waals surface area contributed by atoms with Gasteiger partial charge in [0.1, 0.15) is 0 Å². The molecule has 3 unspecified atom stereocenters. The van der Waals surface area contributed by atoms with E-state index in [1.165, 1.54) is 0 Å². The van der Waals surface area contributed by atoms with Crippen molar-refractivity contribution < 1.29 is 9.53 Å². The van der Waals surface area contributed by atoms with Crippen LogP contribution in [0.15, 0.2) is 4.99 Å². The van der Waals surface area contributed by atoms with Crippen molar-refractivity contribution in [3.63, 3.8) is 0 Å². The van der Waals surface area contributed by atoms with Gasteiger partial charge >= 0.3 is 0 Å². The van der Waals surface area contributed by atoms with Gasteiger partial charge in [0.15, 0.2) is 5.96 Å². The average Bonchev–Trinajstić information content (AvgIpc) is 2.56. The van der Waals surface area contributed by atoms with Gasteiger partial charge in [0.05, 0.1) is 19.8 Å². The highest BCUT2D eigenvalue weighted by atomic mass is 127. The minimum atomic E-state index is 0. The molecule has 0 radical (unpaired) electrons. The van der Waals surface area contributed by atoms with Gasteiger partial charge < -0.3 is 20.3 Å². The first kappa shape index (κ1) is 22.4. The standard InChI is InChI=1S/C17H33N5O2.HI/c1-5-18-17(20-15-6-7-16(23)21(4)11-15)19-10-13(2)22-8-9-24-12-14(22)3;/h13-15H,5-12H2,1-4H3,(H2,18,19,20);1H. The number of likely N-dealkylation sites (tertiary alicyclic amines) is 1. The van der Waals surface area contributed by atoms with Crippen LogP contribution in [0.2, 0.25) is 0 Å². The molecule has 146 valence electrons. The number of guanidine groups is 1. The van der Waals surface area contributed by atoms with Crippen molar-refractivity contribution in [3.8, 4) is 0 Å². The zero-order valence-electron chi connectivity index (χ0n) is 16.0. The van der Waals surface area contributed by atoms with Crippen molar-refractivity contribution in [1.82, 2.24) is 20.4 Å². The van der Waals surface area contributed by atoms with E-state index in [1.807, 2.05) is 7.05 Å². The summed E-state index contributed by atoms with van der Waals surface area (Å²) >= 11 is 0. The number of hydrogen-bond donors (Lipinski definition) is 2. The number of carbonyl (C=O) groups excluding carboxylic acids is 1. The molecule has 0 bridgehead atoms. The molecule has 0 aromatic carbocycles. The minimum absolute atomic E-state index is 0. The summed E-state index contributed by atoms with van der Waals surface area (Å²) in [6.07, 6.45) is 1.47. The second-order valence-corrected chi connectivity index (χ2v) is 6.88. The summed E-state index contributed by atoms with van der Waals surface area (Å²) in [5, 5.41) is 6.80. The number of hydrogen-bond acceptors (Lipinski definition) is 4. The van der Waals surface area contributed by atoms with Crippen LogP contribution in [-0.4, -0.2) is 86.2 Å². The van der Waals surface area contributed by atoms with E-state index in [9.17, 15) is 4.79 Å². The third-order valence-corrected chi connectivity index (χ3v) is 4.81. The van der Waals surface area contributed by atoms with Crippen molar-refractivity contribution in [3.05, 3.63) is 0 Å². The molecule has 0 aromatic rings. The van der Waals surface area contributed by atoms with E-state index in [-0.39, 0.29) is 35.9 Å². The van der Waals surface area contributed by atoms with Crippen molar-refractivity contribution in [2.24, 2.45) is 4.99 Å². The molecule has 2 heterocycles. The fourth-order valence-corrected chi connectivity index (χ4v) is 3.37. The second kappa shape index (κ2) is 11.2. The topological polar surface area (TPSA) is 69.2 Å². The van der Waals surface area contributed by atoms with Crippen LogP contribution in [0.4, 0.5) is 0 Å². The molecule has 7 nitrogen and oxygen atoms in total. The molecule has 8 heteroatoms. The Kier molecular flexibility index (Phi) is 10.0. The quantitative estimate of drug-likeness (QED) is 0.357. The number of rotatable bonds is 5. The third-order valence-electron chi connectivity index (χ3n) is 4.81. The van der Waals surface area contributed by atoms with Gasteiger partial charge in [0.2, 0.25) is 5.91 Å². The van der Waals surface area contributed by atoms with Crippen LogP contribution in [0.5, 0.6) is 0 Å². The summed E-state index contributed by atoms with van der Waals surface area (Å²) in [7, 11) is 1.86. The highest BCUT2D eigenvalue weighted by molar-refractivity contribution is 14.0. The molecule has 0 aromatic heterocycles. The molecule has 2 aliphatic rings. The highest BCUT2D eigenvalue weighted by Crippen LogP contribution is 2.12. The first-order valence-corrected chi connectivity index (χ1v) is 9.13. The van der Waals surface area contributed by atoms with Crippen LogP contribution in [-0.2, 0) is 9.53 Å². The zero-order chi connectivity index (χ0) is 17.5. The van der Waals surface area contributed by atoms with E-state index in [2.05, 4.69) is 36.3 Å². The molecule has 2 N–H and O–H groups in total. The van der Waals surface area contributed by atoms with Crippen molar-refractivity contribution in [2.45, 2.75) is 51.7 Å². The van der Waals surface area contributed by atoms with Gasteiger partial charge in [-0.3, -0.25) is 14.7 Å². The molecule has 25 heavy (non-hydrogen) atoms. The number of piperidine rings is 1. The molecule has 2 fully saturated rings. The molecule has 2 aliphatic heterocycles. The monoisotopic (exact) mass is 467 g/mol. The van der Waals surface area contributed by atoms with Gasteiger partial charge in [-0.15, -0.1) is 24.0 Å². The number of amides is 1. The molecule has 0 spiro atoms. The average molecular weight is 467 g/mol. The van der Waals surface area contributed by atoms with Crippen LogP contribution < -0.4 is 10.6 Å². The van der Waals surface area contributed by atoms with Crippen molar-refractivity contribution >= 4 is 35.8 Å². The van der Waals surface area contributed by atoms with E-state index >= 15 is 0 Å². The van der Waals surface area contributed by atoms with Crippen molar-refractivity contribution in [1.29, 1.82) is 0 Å². The molecule has 0 saturated carbocycles. The van der Waals surface area contributed by atoms with E-state index < -0.39 is 0 Å².